The molecule has 0 amide bonds. The number of ether oxygens (including phenoxy) is 1. The Morgan fingerprint density at radius 2 is 1.95 bits per heavy atom. The average Bonchev–Trinajstić information content (AvgIpc) is 3.00. The highest BCUT2D eigenvalue weighted by molar-refractivity contribution is 7.92. The van der Waals surface area contributed by atoms with Gasteiger partial charge in [-0.15, -0.1) is 0 Å². The fourth-order valence-corrected chi connectivity index (χ4v) is 2.45. The molecule has 2 rings (SSSR count). The van der Waals surface area contributed by atoms with Crippen LogP contribution in [0.25, 0.3) is 0 Å². The lowest BCUT2D eigenvalue weighted by atomic mass is 10.4. The molecule has 1 heterocycles. The van der Waals surface area contributed by atoms with Gasteiger partial charge in [-0.2, -0.15) is 0 Å². The molecule has 106 valence electrons. The predicted octanol–water partition coefficient (Wildman–Crippen LogP) is -0.358. The van der Waals surface area contributed by atoms with Crippen LogP contribution < -0.4 is 14.6 Å². The van der Waals surface area contributed by atoms with Crippen LogP contribution >= 0.6 is 0 Å². The highest BCUT2D eigenvalue weighted by Crippen LogP contribution is 2.30. The molecule has 0 atom stereocenters. The highest BCUT2D eigenvalue weighted by Gasteiger charge is 2.27. The van der Waals surface area contributed by atoms with Gasteiger partial charge >= 0.3 is 0 Å². The van der Waals surface area contributed by atoms with Gasteiger partial charge in [-0.3, -0.25) is 4.72 Å². The van der Waals surface area contributed by atoms with E-state index in [1.807, 2.05) is 0 Å². The molecule has 0 spiro atoms. The molecule has 1 aromatic heterocycles. The Morgan fingerprint density at radius 1 is 1.32 bits per heavy atom. The molecule has 10 heteroatoms. The van der Waals surface area contributed by atoms with E-state index in [1.54, 1.807) is 0 Å². The number of pyridine rings is 1. The maximum Gasteiger partial charge on any atom is 0.259 e. The first-order valence-electron chi connectivity index (χ1n) is 5.33. The molecular formula is C9H13N3O5S2. The average molecular weight is 307 g/mol. The number of rotatable bonds is 5. The lowest BCUT2D eigenvalue weighted by molar-refractivity contribution is 0.292. The van der Waals surface area contributed by atoms with Crippen LogP contribution in [0.3, 0.4) is 0 Å². The van der Waals surface area contributed by atoms with Crippen LogP contribution in [-0.4, -0.2) is 34.2 Å². The van der Waals surface area contributed by atoms with E-state index in [9.17, 15) is 16.8 Å². The molecule has 1 saturated carbocycles. The molecule has 19 heavy (non-hydrogen) atoms. The number of anilines is 1. The monoisotopic (exact) mass is 307 g/mol. The summed E-state index contributed by atoms with van der Waals surface area (Å²) in [6.07, 6.45) is 2.58. The number of nitrogens with zero attached hydrogens (tertiary/aromatic N) is 1. The first kappa shape index (κ1) is 14.0. The van der Waals surface area contributed by atoms with Crippen molar-refractivity contribution in [2.75, 3.05) is 11.0 Å². The Morgan fingerprint density at radius 3 is 2.42 bits per heavy atom. The number of hydrogen-bond donors (Lipinski definition) is 2. The standard InChI is InChI=1S/C9H13N3O5S2/c1-18(13,14)12-8-5-4-7(17-6-2-3-6)9(11-8)19(10,15)16/h4-6H,2-3H2,1H3,(H,11,12)(H2,10,15,16). The Kier molecular flexibility index (Phi) is 3.41. The molecule has 8 nitrogen and oxygen atoms in total. The quantitative estimate of drug-likeness (QED) is 0.764. The molecule has 1 aliphatic rings. The molecule has 3 N–H and O–H groups in total. The summed E-state index contributed by atoms with van der Waals surface area (Å²) in [5.41, 5.74) is 0. The molecule has 0 saturated heterocycles. The minimum absolute atomic E-state index is 0.0315. The number of nitrogens with two attached hydrogens (primary N) is 1. The van der Waals surface area contributed by atoms with Crippen LogP contribution in [0.15, 0.2) is 17.2 Å². The van der Waals surface area contributed by atoms with Gasteiger partial charge < -0.3 is 4.74 Å². The zero-order chi connectivity index (χ0) is 14.3. The third kappa shape index (κ3) is 4.04. The third-order valence-electron chi connectivity index (χ3n) is 2.20. The molecule has 1 aliphatic carbocycles. The lowest BCUT2D eigenvalue weighted by Gasteiger charge is -2.10. The number of nitrogens with one attached hydrogen (secondary N) is 1. The van der Waals surface area contributed by atoms with Crippen molar-refractivity contribution >= 4 is 25.9 Å². The molecule has 0 unspecified atom stereocenters. The summed E-state index contributed by atoms with van der Waals surface area (Å²) in [5, 5.41) is 4.56. The molecule has 1 fully saturated rings. The summed E-state index contributed by atoms with van der Waals surface area (Å²) >= 11 is 0. The van der Waals surface area contributed by atoms with Gasteiger partial charge in [0.1, 0.15) is 5.82 Å². The van der Waals surface area contributed by atoms with E-state index in [4.69, 9.17) is 9.88 Å². The van der Waals surface area contributed by atoms with Gasteiger partial charge in [0.05, 0.1) is 12.4 Å². The van der Waals surface area contributed by atoms with Crippen molar-refractivity contribution in [2.45, 2.75) is 24.0 Å². The number of aromatic nitrogens is 1. The normalized spacial score (nSPS) is 16.1. The van der Waals surface area contributed by atoms with E-state index in [0.29, 0.717) is 0 Å². The Hall–Kier alpha value is -1.39. The van der Waals surface area contributed by atoms with Crippen molar-refractivity contribution in [1.29, 1.82) is 0 Å². The van der Waals surface area contributed by atoms with Crippen molar-refractivity contribution < 1.29 is 21.6 Å². The van der Waals surface area contributed by atoms with Gasteiger partial charge in [-0.25, -0.2) is 27.0 Å². The second-order valence-corrected chi connectivity index (χ2v) is 7.46. The Labute approximate surface area is 111 Å². The van der Waals surface area contributed by atoms with Crippen molar-refractivity contribution in [3.63, 3.8) is 0 Å². The zero-order valence-corrected chi connectivity index (χ0v) is 11.7. The van der Waals surface area contributed by atoms with Crippen LogP contribution in [0.1, 0.15) is 12.8 Å². The van der Waals surface area contributed by atoms with Crippen LogP contribution in [0, 0.1) is 0 Å². The summed E-state index contributed by atoms with van der Waals surface area (Å²) in [6, 6.07) is 2.64. The Bertz CT molecular complexity index is 695. The van der Waals surface area contributed by atoms with E-state index in [2.05, 4.69) is 9.71 Å². The maximum atomic E-state index is 11.4. The topological polar surface area (TPSA) is 128 Å². The zero-order valence-electron chi connectivity index (χ0n) is 10.0. The summed E-state index contributed by atoms with van der Waals surface area (Å²) in [7, 11) is -7.65. The van der Waals surface area contributed by atoms with Crippen LogP contribution in [0.4, 0.5) is 5.82 Å². The first-order valence-corrected chi connectivity index (χ1v) is 8.77. The minimum Gasteiger partial charge on any atom is -0.487 e. The maximum absolute atomic E-state index is 11.4. The summed E-state index contributed by atoms with van der Waals surface area (Å²) in [4.78, 5) is 3.68. The van der Waals surface area contributed by atoms with E-state index in [0.717, 1.165) is 19.1 Å². The van der Waals surface area contributed by atoms with Gasteiger partial charge in [0.2, 0.25) is 15.0 Å². The summed E-state index contributed by atoms with van der Waals surface area (Å²) in [5.74, 6) is -0.0984. The van der Waals surface area contributed by atoms with E-state index in [-0.39, 0.29) is 17.7 Å². The van der Waals surface area contributed by atoms with Gasteiger partial charge in [-0.1, -0.05) is 0 Å². The second-order valence-electron chi connectivity index (χ2n) is 4.24. The fraction of sp³-hybridized carbons (Fsp3) is 0.444. The smallest absolute Gasteiger partial charge is 0.259 e. The number of hydrogen-bond acceptors (Lipinski definition) is 6. The summed E-state index contributed by atoms with van der Waals surface area (Å²) in [6.45, 7) is 0. The van der Waals surface area contributed by atoms with Crippen molar-refractivity contribution in [3.8, 4) is 5.75 Å². The molecule has 0 radical (unpaired) electrons. The van der Waals surface area contributed by atoms with Crippen LogP contribution in [0.5, 0.6) is 5.75 Å². The number of sulfonamides is 2. The van der Waals surface area contributed by atoms with E-state index in [1.165, 1.54) is 12.1 Å². The van der Waals surface area contributed by atoms with Gasteiger partial charge in [0.15, 0.2) is 5.75 Å². The lowest BCUT2D eigenvalue weighted by Crippen LogP contribution is -2.18. The Balaban J connectivity index is 2.41. The van der Waals surface area contributed by atoms with Crippen molar-refractivity contribution in [3.05, 3.63) is 12.1 Å². The molecule has 0 aromatic carbocycles. The van der Waals surface area contributed by atoms with Crippen molar-refractivity contribution in [2.24, 2.45) is 5.14 Å². The third-order valence-corrected chi connectivity index (χ3v) is 3.61. The van der Waals surface area contributed by atoms with Gasteiger partial charge in [0, 0.05) is 0 Å². The van der Waals surface area contributed by atoms with Gasteiger partial charge in [-0.05, 0) is 25.0 Å². The number of primary sulfonamides is 1. The highest BCUT2D eigenvalue weighted by atomic mass is 32.2. The molecule has 0 aliphatic heterocycles. The van der Waals surface area contributed by atoms with Crippen LogP contribution in [-0.2, 0) is 20.0 Å². The second kappa shape index (κ2) is 4.62. The molecular weight excluding hydrogens is 294 g/mol. The van der Waals surface area contributed by atoms with E-state index < -0.39 is 25.1 Å². The van der Waals surface area contributed by atoms with E-state index >= 15 is 0 Å². The molecule has 1 aromatic rings. The predicted molar refractivity (Wildman–Crippen MR) is 67.7 cm³/mol. The van der Waals surface area contributed by atoms with Crippen molar-refractivity contribution in [1.82, 2.24) is 4.98 Å². The minimum atomic E-state index is -4.10. The fourth-order valence-electron chi connectivity index (χ4n) is 1.33. The first-order chi connectivity index (χ1) is 8.65. The molecule has 0 bridgehead atoms. The summed E-state index contributed by atoms with van der Waals surface area (Å²) < 4.78 is 52.5. The SMILES string of the molecule is CS(=O)(=O)Nc1ccc(OC2CC2)c(S(N)(=O)=O)n1. The van der Waals surface area contributed by atoms with Gasteiger partial charge in [0.25, 0.3) is 10.0 Å². The van der Waals surface area contributed by atoms with Crippen LogP contribution in [0.2, 0.25) is 0 Å². The largest absolute Gasteiger partial charge is 0.487 e.